The summed E-state index contributed by atoms with van der Waals surface area (Å²) >= 11 is 11.5. The highest BCUT2D eigenvalue weighted by molar-refractivity contribution is 6.37. The minimum atomic E-state index is -0.410. The maximum atomic E-state index is 11.3. The molecule has 0 aliphatic heterocycles. The van der Waals surface area contributed by atoms with Crippen molar-refractivity contribution in [3.63, 3.8) is 0 Å². The number of rotatable bonds is 3. The van der Waals surface area contributed by atoms with Crippen molar-refractivity contribution in [1.82, 2.24) is 0 Å². The van der Waals surface area contributed by atoms with E-state index in [0.29, 0.717) is 11.4 Å². The van der Waals surface area contributed by atoms with E-state index in [1.54, 1.807) is 31.4 Å². The number of azo groups is 1. The van der Waals surface area contributed by atoms with Crippen LogP contribution in [0.2, 0.25) is 10.0 Å². The predicted molar refractivity (Wildman–Crippen MR) is 73.1 cm³/mol. The number of ether oxygens (including phenoxy) is 1. The largest absolute Gasteiger partial charge is 0.870 e. The van der Waals surface area contributed by atoms with Gasteiger partial charge in [0.15, 0.2) is 0 Å². The summed E-state index contributed by atoms with van der Waals surface area (Å²) < 4.78 is 5.03. The molecular formula is C13H9Cl2N2O2-. The molecule has 0 radical (unpaired) electrons. The molecule has 4 nitrogen and oxygen atoms in total. The lowest BCUT2D eigenvalue weighted by Gasteiger charge is -2.10. The second-order valence-electron chi connectivity index (χ2n) is 3.64. The van der Waals surface area contributed by atoms with E-state index in [1.807, 2.05) is 0 Å². The van der Waals surface area contributed by atoms with E-state index in [9.17, 15) is 5.11 Å². The predicted octanol–water partition coefficient (Wildman–Crippen LogP) is 4.49. The van der Waals surface area contributed by atoms with Gasteiger partial charge in [-0.15, -0.1) is 0 Å². The number of halogens is 2. The monoisotopic (exact) mass is 295 g/mol. The number of hydrogen-bond donors (Lipinski definition) is 0. The number of hydrogen-bond acceptors (Lipinski definition) is 4. The highest BCUT2D eigenvalue weighted by atomic mass is 35.5. The van der Waals surface area contributed by atoms with Gasteiger partial charge in [0.25, 0.3) is 0 Å². The summed E-state index contributed by atoms with van der Waals surface area (Å²) in [6.45, 7) is 0. The summed E-state index contributed by atoms with van der Waals surface area (Å²) in [6, 6.07) is 9.90. The van der Waals surface area contributed by atoms with Crippen molar-refractivity contribution in [3.05, 3.63) is 46.4 Å². The average molecular weight is 296 g/mol. The van der Waals surface area contributed by atoms with Gasteiger partial charge in [-0.25, -0.2) is 0 Å². The molecule has 0 N–H and O–H groups in total. The Morgan fingerprint density at radius 2 is 1.47 bits per heavy atom. The van der Waals surface area contributed by atoms with Gasteiger partial charge in [-0.3, -0.25) is 0 Å². The normalized spacial score (nSPS) is 10.9. The van der Waals surface area contributed by atoms with E-state index < -0.39 is 5.75 Å². The third-order valence-electron chi connectivity index (χ3n) is 2.34. The fourth-order valence-electron chi connectivity index (χ4n) is 1.37. The van der Waals surface area contributed by atoms with Crippen molar-refractivity contribution in [1.29, 1.82) is 0 Å². The molecule has 2 rings (SSSR count). The molecular weight excluding hydrogens is 287 g/mol. The molecule has 0 saturated carbocycles. The van der Waals surface area contributed by atoms with Gasteiger partial charge in [0.1, 0.15) is 5.75 Å². The first kappa shape index (κ1) is 13.6. The minimum absolute atomic E-state index is 0.0242. The Bertz CT molecular complexity index is 590. The zero-order valence-corrected chi connectivity index (χ0v) is 11.4. The van der Waals surface area contributed by atoms with Crippen LogP contribution in [0.5, 0.6) is 11.5 Å². The van der Waals surface area contributed by atoms with Gasteiger partial charge in [0.05, 0.1) is 18.5 Å². The second kappa shape index (κ2) is 5.91. The number of benzene rings is 2. The molecule has 2 aromatic rings. The molecule has 2 aromatic carbocycles. The van der Waals surface area contributed by atoms with Gasteiger partial charge in [-0.1, -0.05) is 29.0 Å². The van der Waals surface area contributed by atoms with Crippen LogP contribution < -0.4 is 9.84 Å². The zero-order chi connectivity index (χ0) is 13.8. The van der Waals surface area contributed by atoms with Crippen molar-refractivity contribution in [2.24, 2.45) is 10.2 Å². The molecule has 0 aliphatic carbocycles. The van der Waals surface area contributed by atoms with Crippen molar-refractivity contribution >= 4 is 34.6 Å². The summed E-state index contributed by atoms with van der Waals surface area (Å²) in [4.78, 5) is 0. The summed E-state index contributed by atoms with van der Waals surface area (Å²) in [5.41, 5.74) is 1.07. The molecule has 0 spiro atoms. The lowest BCUT2D eigenvalue weighted by atomic mass is 10.3. The van der Waals surface area contributed by atoms with Crippen LogP contribution in [-0.4, -0.2) is 7.11 Å². The van der Waals surface area contributed by atoms with Crippen LogP contribution in [0.3, 0.4) is 0 Å². The van der Waals surface area contributed by atoms with E-state index in [4.69, 9.17) is 27.9 Å². The van der Waals surface area contributed by atoms with Gasteiger partial charge in [0, 0.05) is 10.0 Å². The van der Waals surface area contributed by atoms with Crippen molar-refractivity contribution in [2.45, 2.75) is 0 Å². The van der Waals surface area contributed by atoms with Crippen LogP contribution >= 0.6 is 23.2 Å². The third-order valence-corrected chi connectivity index (χ3v) is 2.90. The van der Waals surface area contributed by atoms with Gasteiger partial charge < -0.3 is 9.84 Å². The van der Waals surface area contributed by atoms with Gasteiger partial charge in [-0.05, 0) is 36.4 Å². The molecule has 6 heteroatoms. The second-order valence-corrected chi connectivity index (χ2v) is 4.45. The fraction of sp³-hybridized carbons (Fsp3) is 0.0769. The van der Waals surface area contributed by atoms with Gasteiger partial charge >= 0.3 is 0 Å². The Hall–Kier alpha value is -1.78. The maximum Gasteiger partial charge on any atom is 0.119 e. The lowest BCUT2D eigenvalue weighted by Crippen LogP contribution is -1.91. The van der Waals surface area contributed by atoms with Crippen LogP contribution in [0.15, 0.2) is 46.6 Å². The summed E-state index contributed by atoms with van der Waals surface area (Å²) in [5.74, 6) is 0.326. The number of methoxy groups -OCH3 is 1. The first-order valence-corrected chi connectivity index (χ1v) is 6.07. The molecule has 0 unspecified atom stereocenters. The molecule has 0 saturated heterocycles. The molecule has 0 aromatic heterocycles. The molecule has 0 aliphatic rings. The van der Waals surface area contributed by atoms with Gasteiger partial charge in [-0.2, -0.15) is 10.2 Å². The summed E-state index contributed by atoms with van der Waals surface area (Å²) in [6.07, 6.45) is 0. The first-order chi connectivity index (χ1) is 9.10. The van der Waals surface area contributed by atoms with E-state index in [2.05, 4.69) is 10.2 Å². The molecule has 0 bridgehead atoms. The van der Waals surface area contributed by atoms with Crippen LogP contribution in [-0.2, 0) is 0 Å². The Balaban J connectivity index is 2.22. The van der Waals surface area contributed by atoms with Crippen molar-refractivity contribution < 1.29 is 9.84 Å². The smallest absolute Gasteiger partial charge is 0.119 e. The average Bonchev–Trinajstić information content (AvgIpc) is 2.43. The zero-order valence-electron chi connectivity index (χ0n) is 9.93. The third kappa shape index (κ3) is 3.36. The molecule has 0 atom stereocenters. The quantitative estimate of drug-likeness (QED) is 0.783. The van der Waals surface area contributed by atoms with E-state index >= 15 is 0 Å². The fourth-order valence-corrected chi connectivity index (χ4v) is 1.84. The minimum Gasteiger partial charge on any atom is -0.870 e. The topological polar surface area (TPSA) is 57.0 Å². The Labute approximate surface area is 120 Å². The van der Waals surface area contributed by atoms with Crippen LogP contribution in [0.1, 0.15) is 0 Å². The van der Waals surface area contributed by atoms with E-state index in [0.717, 1.165) is 5.75 Å². The highest BCUT2D eigenvalue weighted by Crippen LogP contribution is 2.34. The Kier molecular flexibility index (Phi) is 4.24. The Morgan fingerprint density at radius 1 is 0.947 bits per heavy atom. The lowest BCUT2D eigenvalue weighted by molar-refractivity contribution is -0.268. The maximum absolute atomic E-state index is 11.3. The molecule has 0 fully saturated rings. The van der Waals surface area contributed by atoms with Crippen molar-refractivity contribution in [2.75, 3.05) is 7.11 Å². The molecule has 98 valence electrons. The van der Waals surface area contributed by atoms with Crippen molar-refractivity contribution in [3.8, 4) is 11.5 Å². The highest BCUT2D eigenvalue weighted by Gasteiger charge is 2.00. The van der Waals surface area contributed by atoms with Crippen LogP contribution in [0.25, 0.3) is 0 Å². The molecule has 0 amide bonds. The van der Waals surface area contributed by atoms with Crippen LogP contribution in [0, 0.1) is 0 Å². The summed E-state index contributed by atoms with van der Waals surface area (Å²) in [7, 11) is 1.59. The number of nitrogens with zero attached hydrogens (tertiary/aromatic N) is 2. The summed E-state index contributed by atoms with van der Waals surface area (Å²) in [5, 5.41) is 19.3. The molecule has 0 heterocycles. The van der Waals surface area contributed by atoms with E-state index in [-0.39, 0.29) is 10.0 Å². The molecule has 19 heavy (non-hydrogen) atoms. The van der Waals surface area contributed by atoms with Crippen LogP contribution in [0.4, 0.5) is 11.4 Å². The Morgan fingerprint density at radius 3 is 2.00 bits per heavy atom. The van der Waals surface area contributed by atoms with E-state index in [1.165, 1.54) is 12.1 Å². The SMILES string of the molecule is COc1ccc(N=Nc2cc(Cl)c([O-])c(Cl)c2)cc1. The van der Waals surface area contributed by atoms with Gasteiger partial charge in [0.2, 0.25) is 0 Å². The first-order valence-electron chi connectivity index (χ1n) is 5.32. The standard InChI is InChI=1S/C13H10Cl2N2O2/c1-19-10-4-2-8(3-5-10)16-17-9-6-11(14)13(18)12(15)7-9/h2-7,18H,1H3/p-1.